The molecule has 3 aliphatic rings. The SMILES string of the molecule is C=C(C)C(=O)OC1CC2(C)C(O)CC=C(C)C2C2OC(=O)C(=C)C12. The summed E-state index contributed by atoms with van der Waals surface area (Å²) < 4.78 is 11.2. The van der Waals surface area contributed by atoms with Gasteiger partial charge in [0.1, 0.15) is 12.2 Å². The van der Waals surface area contributed by atoms with Gasteiger partial charge < -0.3 is 14.6 Å². The fourth-order valence-corrected chi connectivity index (χ4v) is 4.55. The summed E-state index contributed by atoms with van der Waals surface area (Å²) in [5, 5.41) is 10.6. The molecule has 5 nitrogen and oxygen atoms in total. The fourth-order valence-electron chi connectivity index (χ4n) is 4.55. The summed E-state index contributed by atoms with van der Waals surface area (Å²) in [7, 11) is 0. The van der Waals surface area contributed by atoms with Gasteiger partial charge in [0, 0.05) is 22.5 Å². The van der Waals surface area contributed by atoms with Crippen molar-refractivity contribution in [2.24, 2.45) is 17.3 Å². The Morgan fingerprint density at radius 3 is 2.79 bits per heavy atom. The van der Waals surface area contributed by atoms with Gasteiger partial charge in [-0.2, -0.15) is 0 Å². The van der Waals surface area contributed by atoms with E-state index in [0.29, 0.717) is 24.0 Å². The van der Waals surface area contributed by atoms with Crippen LogP contribution in [-0.4, -0.2) is 35.4 Å². The van der Waals surface area contributed by atoms with Crippen LogP contribution in [0.1, 0.15) is 33.6 Å². The third-order valence-corrected chi connectivity index (χ3v) is 5.86. The maximum atomic E-state index is 12.1. The van der Waals surface area contributed by atoms with Crippen LogP contribution in [0, 0.1) is 17.3 Å². The minimum atomic E-state index is -0.578. The normalized spacial score (nSPS) is 41.0. The Morgan fingerprint density at radius 2 is 2.17 bits per heavy atom. The van der Waals surface area contributed by atoms with Crippen LogP contribution in [0.3, 0.4) is 0 Å². The zero-order valence-electron chi connectivity index (χ0n) is 14.4. The van der Waals surface area contributed by atoms with Crippen molar-refractivity contribution in [3.05, 3.63) is 36.0 Å². The fraction of sp³-hybridized carbons (Fsp3) is 0.579. The smallest absolute Gasteiger partial charge is 0.334 e. The van der Waals surface area contributed by atoms with Gasteiger partial charge >= 0.3 is 11.9 Å². The van der Waals surface area contributed by atoms with Crippen molar-refractivity contribution in [3.8, 4) is 0 Å². The largest absolute Gasteiger partial charge is 0.458 e. The lowest BCUT2D eigenvalue weighted by Gasteiger charge is -2.53. The zero-order valence-corrected chi connectivity index (χ0v) is 14.4. The molecule has 2 aliphatic carbocycles. The second-order valence-electron chi connectivity index (χ2n) is 7.53. The minimum Gasteiger partial charge on any atom is -0.458 e. The molecule has 130 valence electrons. The summed E-state index contributed by atoms with van der Waals surface area (Å²) >= 11 is 0. The highest BCUT2D eigenvalue weighted by Gasteiger charge is 2.61. The van der Waals surface area contributed by atoms with Crippen molar-refractivity contribution >= 4 is 11.9 Å². The van der Waals surface area contributed by atoms with Gasteiger partial charge in [-0.05, 0) is 26.7 Å². The molecule has 1 N–H and O–H groups in total. The van der Waals surface area contributed by atoms with Crippen LogP contribution in [0.5, 0.6) is 0 Å². The second kappa shape index (κ2) is 5.59. The molecule has 0 aromatic carbocycles. The molecule has 1 saturated carbocycles. The number of aliphatic hydroxyl groups excluding tert-OH is 1. The maximum absolute atomic E-state index is 12.1. The summed E-state index contributed by atoms with van der Waals surface area (Å²) in [5.74, 6) is -1.43. The highest BCUT2D eigenvalue weighted by molar-refractivity contribution is 5.91. The number of aliphatic hydroxyl groups is 1. The van der Waals surface area contributed by atoms with E-state index in [1.807, 2.05) is 19.9 Å². The molecule has 1 aliphatic heterocycles. The molecule has 1 saturated heterocycles. The van der Waals surface area contributed by atoms with E-state index in [-0.39, 0.29) is 11.8 Å². The Morgan fingerprint density at radius 1 is 1.50 bits per heavy atom. The molecule has 0 radical (unpaired) electrons. The van der Waals surface area contributed by atoms with Gasteiger partial charge in [-0.3, -0.25) is 0 Å². The third kappa shape index (κ3) is 2.34. The lowest BCUT2D eigenvalue weighted by atomic mass is 9.54. The van der Waals surface area contributed by atoms with Crippen molar-refractivity contribution < 1.29 is 24.2 Å². The average Bonchev–Trinajstić information content (AvgIpc) is 2.78. The average molecular weight is 332 g/mol. The highest BCUT2D eigenvalue weighted by Crippen LogP contribution is 2.56. The van der Waals surface area contributed by atoms with Crippen LogP contribution in [0.25, 0.3) is 0 Å². The van der Waals surface area contributed by atoms with E-state index in [1.54, 1.807) is 6.92 Å². The molecule has 2 fully saturated rings. The van der Waals surface area contributed by atoms with Crippen LogP contribution in [0.15, 0.2) is 36.0 Å². The number of fused-ring (bicyclic) bond motifs is 3. The predicted octanol–water partition coefficient (Wildman–Crippen LogP) is 2.31. The van der Waals surface area contributed by atoms with E-state index in [2.05, 4.69) is 13.2 Å². The van der Waals surface area contributed by atoms with Crippen LogP contribution >= 0.6 is 0 Å². The van der Waals surface area contributed by atoms with E-state index in [9.17, 15) is 14.7 Å². The summed E-state index contributed by atoms with van der Waals surface area (Å²) in [6.07, 6.45) is 1.42. The molecule has 3 rings (SSSR count). The lowest BCUT2D eigenvalue weighted by Crippen LogP contribution is -2.57. The number of ether oxygens (including phenoxy) is 2. The molecule has 1 heterocycles. The van der Waals surface area contributed by atoms with Gasteiger partial charge in [0.25, 0.3) is 0 Å². The minimum absolute atomic E-state index is 0.103. The number of hydrogen-bond donors (Lipinski definition) is 1. The topological polar surface area (TPSA) is 72.8 Å². The van der Waals surface area contributed by atoms with Gasteiger partial charge in [-0.25, -0.2) is 9.59 Å². The predicted molar refractivity (Wildman–Crippen MR) is 87.8 cm³/mol. The molecule has 0 aromatic rings. The quantitative estimate of drug-likeness (QED) is 0.477. The van der Waals surface area contributed by atoms with E-state index >= 15 is 0 Å². The standard InChI is InChI=1S/C19H24O5/c1-9(2)17(21)23-12-8-19(5)13(20)7-6-10(3)15(19)16-14(12)11(4)18(22)24-16/h6,12-16,20H,1,4,7-8H2,2-3,5H3. The van der Waals surface area contributed by atoms with Gasteiger partial charge in [0.05, 0.1) is 12.0 Å². The summed E-state index contributed by atoms with van der Waals surface area (Å²) in [5.41, 5.74) is 1.22. The van der Waals surface area contributed by atoms with Crippen molar-refractivity contribution in [2.45, 2.75) is 51.9 Å². The molecule has 6 atom stereocenters. The first-order chi connectivity index (χ1) is 11.2. The van der Waals surface area contributed by atoms with Crippen molar-refractivity contribution in [1.82, 2.24) is 0 Å². The van der Waals surface area contributed by atoms with Crippen LogP contribution < -0.4 is 0 Å². The van der Waals surface area contributed by atoms with E-state index < -0.39 is 35.7 Å². The van der Waals surface area contributed by atoms with E-state index in [4.69, 9.17) is 9.47 Å². The summed E-state index contributed by atoms with van der Waals surface area (Å²) in [6, 6.07) is 0. The van der Waals surface area contributed by atoms with E-state index in [1.165, 1.54) is 0 Å². The molecule has 0 amide bonds. The maximum Gasteiger partial charge on any atom is 0.334 e. The van der Waals surface area contributed by atoms with Gasteiger partial charge in [0.2, 0.25) is 0 Å². The Balaban J connectivity index is 2.02. The molecule has 0 aromatic heterocycles. The van der Waals surface area contributed by atoms with Crippen LogP contribution in [0.2, 0.25) is 0 Å². The number of carbonyl (C=O) groups excluding carboxylic acids is 2. The number of hydrogen-bond acceptors (Lipinski definition) is 5. The number of carbonyl (C=O) groups is 2. The van der Waals surface area contributed by atoms with Gasteiger partial charge in [-0.15, -0.1) is 0 Å². The van der Waals surface area contributed by atoms with Crippen LogP contribution in [-0.2, 0) is 19.1 Å². The third-order valence-electron chi connectivity index (χ3n) is 5.86. The zero-order chi connectivity index (χ0) is 17.8. The number of rotatable bonds is 2. The van der Waals surface area contributed by atoms with Gasteiger partial charge in [0.15, 0.2) is 0 Å². The number of esters is 2. The molecule has 5 heteroatoms. The second-order valence-corrected chi connectivity index (χ2v) is 7.53. The van der Waals surface area contributed by atoms with Gasteiger partial charge in [-0.1, -0.05) is 31.7 Å². The first-order valence-electron chi connectivity index (χ1n) is 8.27. The molecule has 0 spiro atoms. The highest BCUT2D eigenvalue weighted by atomic mass is 16.6. The van der Waals surface area contributed by atoms with Crippen molar-refractivity contribution in [3.63, 3.8) is 0 Å². The Labute approximate surface area is 142 Å². The first kappa shape index (κ1) is 17.0. The first-order valence-corrected chi connectivity index (χ1v) is 8.27. The van der Waals surface area contributed by atoms with Crippen LogP contribution in [0.4, 0.5) is 0 Å². The lowest BCUT2D eigenvalue weighted by molar-refractivity contribution is -0.172. The Kier molecular flexibility index (Phi) is 3.95. The summed E-state index contributed by atoms with van der Waals surface area (Å²) in [4.78, 5) is 24.2. The molecule has 0 bridgehead atoms. The monoisotopic (exact) mass is 332 g/mol. The Bertz CT molecular complexity index is 661. The Hall–Kier alpha value is -1.88. The molecular formula is C19H24O5. The van der Waals surface area contributed by atoms with Crippen molar-refractivity contribution in [1.29, 1.82) is 0 Å². The van der Waals surface area contributed by atoms with Crippen molar-refractivity contribution in [2.75, 3.05) is 0 Å². The van der Waals surface area contributed by atoms with E-state index in [0.717, 1.165) is 5.57 Å². The summed E-state index contributed by atoms with van der Waals surface area (Å²) in [6.45, 7) is 13.0. The molecule has 24 heavy (non-hydrogen) atoms. The molecule has 6 unspecified atom stereocenters. The molecular weight excluding hydrogens is 308 g/mol.